The van der Waals surface area contributed by atoms with Crippen LogP contribution in [-0.4, -0.2) is 0 Å². The summed E-state index contributed by atoms with van der Waals surface area (Å²) in [7, 11) is 0. The number of hydrogen-bond donors (Lipinski definition) is 1. The van der Waals surface area contributed by atoms with Crippen LogP contribution in [0.25, 0.3) is 6.08 Å². The van der Waals surface area contributed by atoms with Gasteiger partial charge in [-0.2, -0.15) is 0 Å². The van der Waals surface area contributed by atoms with Crippen molar-refractivity contribution in [3.05, 3.63) is 113 Å². The first-order valence-electron chi connectivity index (χ1n) is 9.95. The third-order valence-electron chi connectivity index (χ3n) is 5.49. The average Bonchev–Trinajstić information content (AvgIpc) is 2.93. The molecule has 28 heavy (non-hydrogen) atoms. The standard InChI is InChI=1S/C26H23NS/c1-3-10-19(11-4-1)18-21-14-9-15-22-25(21)27-23-16-7-8-17-24(23)28-26(22)20-12-5-2-6-13-20/h1-8,10-13,16-18,26-27H,9,14-15H2/b21-18+/t26-/m0/s1. The van der Waals surface area contributed by atoms with E-state index < -0.39 is 0 Å². The summed E-state index contributed by atoms with van der Waals surface area (Å²) in [5.41, 5.74) is 8.17. The molecule has 1 heterocycles. The van der Waals surface area contributed by atoms with E-state index >= 15 is 0 Å². The molecule has 0 radical (unpaired) electrons. The molecule has 0 saturated heterocycles. The zero-order valence-corrected chi connectivity index (χ0v) is 16.6. The van der Waals surface area contributed by atoms with Crippen molar-refractivity contribution in [2.45, 2.75) is 29.4 Å². The van der Waals surface area contributed by atoms with Crippen LogP contribution in [0.4, 0.5) is 5.69 Å². The molecule has 1 nitrogen and oxygen atoms in total. The van der Waals surface area contributed by atoms with Gasteiger partial charge in [-0.25, -0.2) is 0 Å². The molecular weight excluding hydrogens is 358 g/mol. The Bertz CT molecular complexity index is 1030. The van der Waals surface area contributed by atoms with Gasteiger partial charge in [0.1, 0.15) is 0 Å². The maximum Gasteiger partial charge on any atom is 0.0577 e. The van der Waals surface area contributed by atoms with Gasteiger partial charge in [-0.1, -0.05) is 72.8 Å². The zero-order chi connectivity index (χ0) is 18.8. The summed E-state index contributed by atoms with van der Waals surface area (Å²) in [6.07, 6.45) is 5.84. The van der Waals surface area contributed by atoms with Crippen LogP contribution in [0.3, 0.4) is 0 Å². The first-order chi connectivity index (χ1) is 13.9. The highest BCUT2D eigenvalue weighted by Gasteiger charge is 2.29. The van der Waals surface area contributed by atoms with Crippen molar-refractivity contribution < 1.29 is 0 Å². The second kappa shape index (κ2) is 7.73. The number of hydrogen-bond acceptors (Lipinski definition) is 2. The number of anilines is 1. The molecule has 2 heteroatoms. The molecule has 1 N–H and O–H groups in total. The highest BCUT2D eigenvalue weighted by atomic mass is 32.2. The van der Waals surface area contributed by atoms with Gasteiger partial charge in [-0.05, 0) is 59.7 Å². The Morgan fingerprint density at radius 2 is 1.50 bits per heavy atom. The molecule has 0 saturated carbocycles. The van der Waals surface area contributed by atoms with Crippen molar-refractivity contribution in [2.75, 3.05) is 5.32 Å². The van der Waals surface area contributed by atoms with E-state index in [2.05, 4.69) is 96.3 Å². The molecule has 138 valence electrons. The Morgan fingerprint density at radius 1 is 0.786 bits per heavy atom. The van der Waals surface area contributed by atoms with Crippen LogP contribution in [0.5, 0.6) is 0 Å². The summed E-state index contributed by atoms with van der Waals surface area (Å²) < 4.78 is 0. The average molecular weight is 382 g/mol. The van der Waals surface area contributed by atoms with E-state index in [1.807, 2.05) is 11.8 Å². The Balaban J connectivity index is 1.66. The van der Waals surface area contributed by atoms with E-state index in [1.54, 1.807) is 0 Å². The maximum atomic E-state index is 3.82. The number of benzene rings is 3. The molecule has 1 atom stereocenters. The van der Waals surface area contributed by atoms with Crippen molar-refractivity contribution >= 4 is 23.5 Å². The lowest BCUT2D eigenvalue weighted by Crippen LogP contribution is -2.13. The van der Waals surface area contributed by atoms with E-state index in [9.17, 15) is 0 Å². The van der Waals surface area contributed by atoms with E-state index in [0.29, 0.717) is 5.25 Å². The largest absolute Gasteiger partial charge is 0.354 e. The Hall–Kier alpha value is -2.71. The smallest absolute Gasteiger partial charge is 0.0577 e. The maximum absolute atomic E-state index is 3.82. The lowest BCUT2D eigenvalue weighted by atomic mass is 9.86. The molecule has 0 unspecified atom stereocenters. The summed E-state index contributed by atoms with van der Waals surface area (Å²) in [6.45, 7) is 0. The van der Waals surface area contributed by atoms with Crippen molar-refractivity contribution in [1.82, 2.24) is 0 Å². The lowest BCUT2D eigenvalue weighted by Gasteiger charge is -2.27. The third kappa shape index (κ3) is 3.41. The number of para-hydroxylation sites is 1. The number of fused-ring (bicyclic) bond motifs is 1. The molecule has 0 fully saturated rings. The van der Waals surface area contributed by atoms with E-state index in [1.165, 1.54) is 45.0 Å². The lowest BCUT2D eigenvalue weighted by molar-refractivity contribution is 0.745. The van der Waals surface area contributed by atoms with Crippen LogP contribution in [0.1, 0.15) is 35.6 Å². The van der Waals surface area contributed by atoms with Crippen LogP contribution in [-0.2, 0) is 0 Å². The van der Waals surface area contributed by atoms with Gasteiger partial charge in [0.25, 0.3) is 0 Å². The van der Waals surface area contributed by atoms with Gasteiger partial charge in [0.2, 0.25) is 0 Å². The SMILES string of the molecule is C(=C1/CCCC2=C1Nc1ccccc1S[C@H]2c1ccccc1)/c1ccccc1. The fraction of sp³-hybridized carbons (Fsp3) is 0.154. The minimum Gasteiger partial charge on any atom is -0.354 e. The molecule has 0 spiro atoms. The molecule has 2 aliphatic rings. The minimum atomic E-state index is 0.354. The van der Waals surface area contributed by atoms with Crippen molar-refractivity contribution in [1.29, 1.82) is 0 Å². The Morgan fingerprint density at radius 3 is 2.32 bits per heavy atom. The summed E-state index contributed by atoms with van der Waals surface area (Å²) >= 11 is 1.98. The molecule has 5 rings (SSSR count). The summed E-state index contributed by atoms with van der Waals surface area (Å²) in [5, 5.41) is 4.18. The number of thioether (sulfide) groups is 1. The zero-order valence-electron chi connectivity index (χ0n) is 15.8. The van der Waals surface area contributed by atoms with E-state index in [0.717, 1.165) is 12.8 Å². The Kier molecular flexibility index (Phi) is 4.80. The second-order valence-electron chi connectivity index (χ2n) is 7.36. The first-order valence-corrected chi connectivity index (χ1v) is 10.8. The van der Waals surface area contributed by atoms with Gasteiger partial charge >= 0.3 is 0 Å². The van der Waals surface area contributed by atoms with Gasteiger partial charge in [-0.3, -0.25) is 0 Å². The molecule has 0 bridgehead atoms. The molecule has 0 amide bonds. The number of nitrogens with one attached hydrogen (secondary N) is 1. The molecule has 3 aromatic carbocycles. The molecule has 1 aliphatic heterocycles. The van der Waals surface area contributed by atoms with Crippen LogP contribution in [0, 0.1) is 0 Å². The normalized spacial score (nSPS) is 20.1. The Labute approximate surface area is 171 Å². The third-order valence-corrected chi connectivity index (χ3v) is 6.89. The van der Waals surface area contributed by atoms with Gasteiger partial charge < -0.3 is 5.32 Å². The summed E-state index contributed by atoms with van der Waals surface area (Å²) in [5.74, 6) is 0. The van der Waals surface area contributed by atoms with Crippen LogP contribution in [0.2, 0.25) is 0 Å². The summed E-state index contributed by atoms with van der Waals surface area (Å²) in [6, 6.07) is 30.3. The molecule has 0 aromatic heterocycles. The van der Waals surface area contributed by atoms with E-state index in [-0.39, 0.29) is 0 Å². The minimum absolute atomic E-state index is 0.354. The highest BCUT2D eigenvalue weighted by Crippen LogP contribution is 2.51. The number of allylic oxidation sites excluding steroid dienone is 1. The molecular formula is C26H23NS. The predicted molar refractivity (Wildman–Crippen MR) is 120 cm³/mol. The van der Waals surface area contributed by atoms with Crippen LogP contribution in [0.15, 0.2) is 107 Å². The van der Waals surface area contributed by atoms with E-state index in [4.69, 9.17) is 0 Å². The summed E-state index contributed by atoms with van der Waals surface area (Å²) in [4.78, 5) is 1.32. The molecule has 3 aromatic rings. The van der Waals surface area contributed by atoms with Gasteiger partial charge in [0.05, 0.1) is 10.9 Å². The topological polar surface area (TPSA) is 12.0 Å². The fourth-order valence-corrected chi connectivity index (χ4v) is 5.47. The van der Waals surface area contributed by atoms with Gasteiger partial charge in [-0.15, -0.1) is 11.8 Å². The predicted octanol–water partition coefficient (Wildman–Crippen LogP) is 7.47. The van der Waals surface area contributed by atoms with Crippen molar-refractivity contribution in [2.24, 2.45) is 0 Å². The highest BCUT2D eigenvalue weighted by molar-refractivity contribution is 8.00. The first kappa shape index (κ1) is 17.4. The molecule has 1 aliphatic carbocycles. The van der Waals surface area contributed by atoms with Gasteiger partial charge in [0.15, 0.2) is 0 Å². The van der Waals surface area contributed by atoms with Crippen LogP contribution < -0.4 is 5.32 Å². The monoisotopic (exact) mass is 381 g/mol. The fourth-order valence-electron chi connectivity index (χ4n) is 4.15. The van der Waals surface area contributed by atoms with Crippen LogP contribution >= 0.6 is 11.8 Å². The van der Waals surface area contributed by atoms with Crippen molar-refractivity contribution in [3.63, 3.8) is 0 Å². The quantitative estimate of drug-likeness (QED) is 0.494. The number of rotatable bonds is 2. The van der Waals surface area contributed by atoms with Gasteiger partial charge in [0, 0.05) is 10.6 Å². The second-order valence-corrected chi connectivity index (χ2v) is 8.51. The van der Waals surface area contributed by atoms with Crippen molar-refractivity contribution in [3.8, 4) is 0 Å².